The second-order valence-corrected chi connectivity index (χ2v) is 5.65. The Labute approximate surface area is 115 Å². The lowest BCUT2D eigenvalue weighted by atomic mass is 9.87. The van der Waals surface area contributed by atoms with Crippen molar-refractivity contribution >= 4 is 6.08 Å². The fourth-order valence-electron chi connectivity index (χ4n) is 1.83. The van der Waals surface area contributed by atoms with Crippen molar-refractivity contribution in [2.24, 2.45) is 0 Å². The first-order valence-corrected chi connectivity index (χ1v) is 6.50. The van der Waals surface area contributed by atoms with E-state index in [1.54, 1.807) is 0 Å². The molecule has 98 valence electrons. The Morgan fingerprint density at radius 1 is 0.842 bits per heavy atom. The van der Waals surface area contributed by atoms with Crippen LogP contribution in [0.25, 0.3) is 6.08 Å². The Balaban J connectivity index is 2.12. The van der Waals surface area contributed by atoms with Gasteiger partial charge in [-0.1, -0.05) is 57.7 Å². The van der Waals surface area contributed by atoms with Gasteiger partial charge in [0.1, 0.15) is 11.5 Å². The summed E-state index contributed by atoms with van der Waals surface area (Å²) in [5.41, 5.74) is 2.57. The van der Waals surface area contributed by atoms with Crippen molar-refractivity contribution in [3.05, 3.63) is 66.2 Å². The van der Waals surface area contributed by atoms with Crippen LogP contribution >= 0.6 is 0 Å². The molecule has 0 unspecified atom stereocenters. The average molecular weight is 252 g/mol. The maximum atomic E-state index is 5.81. The van der Waals surface area contributed by atoms with Crippen LogP contribution < -0.4 is 4.74 Å². The Morgan fingerprint density at radius 2 is 1.32 bits per heavy atom. The molecule has 0 saturated heterocycles. The molecule has 0 aliphatic rings. The largest absolute Gasteiger partial charge is 0.457 e. The van der Waals surface area contributed by atoms with E-state index in [1.807, 2.05) is 42.5 Å². The second kappa shape index (κ2) is 5.31. The Morgan fingerprint density at radius 3 is 1.74 bits per heavy atom. The molecule has 0 fully saturated rings. The van der Waals surface area contributed by atoms with Crippen molar-refractivity contribution < 1.29 is 4.74 Å². The molecule has 0 aromatic heterocycles. The molecule has 0 radical (unpaired) electrons. The standard InChI is InChI=1S/C18H20O/c1-5-14-6-10-16(11-7-14)19-17-12-8-15(9-13-17)18(2,3)4/h5-13H,1H2,2-4H3. The molecule has 19 heavy (non-hydrogen) atoms. The first-order valence-electron chi connectivity index (χ1n) is 6.50. The normalized spacial score (nSPS) is 11.1. The van der Waals surface area contributed by atoms with Crippen LogP contribution in [-0.4, -0.2) is 0 Å². The minimum atomic E-state index is 0.171. The number of benzene rings is 2. The molecule has 2 rings (SSSR count). The van der Waals surface area contributed by atoms with E-state index in [2.05, 4.69) is 39.5 Å². The van der Waals surface area contributed by atoms with E-state index in [-0.39, 0.29) is 5.41 Å². The molecular formula is C18H20O. The lowest BCUT2D eigenvalue weighted by molar-refractivity contribution is 0.481. The third-order valence-corrected chi connectivity index (χ3v) is 3.07. The van der Waals surface area contributed by atoms with Crippen molar-refractivity contribution in [2.75, 3.05) is 0 Å². The van der Waals surface area contributed by atoms with Crippen LogP contribution in [0.15, 0.2) is 55.1 Å². The van der Waals surface area contributed by atoms with Crippen molar-refractivity contribution in [1.29, 1.82) is 0 Å². The van der Waals surface area contributed by atoms with E-state index in [0.29, 0.717) is 0 Å². The summed E-state index contributed by atoms with van der Waals surface area (Å²) in [4.78, 5) is 0. The smallest absolute Gasteiger partial charge is 0.127 e. The zero-order valence-electron chi connectivity index (χ0n) is 11.8. The molecule has 0 heterocycles. The van der Waals surface area contributed by atoms with Gasteiger partial charge in [0.05, 0.1) is 0 Å². The van der Waals surface area contributed by atoms with Gasteiger partial charge in [0.2, 0.25) is 0 Å². The molecule has 0 atom stereocenters. The lowest BCUT2D eigenvalue weighted by Gasteiger charge is -2.19. The molecule has 1 heteroatoms. The summed E-state index contributed by atoms with van der Waals surface area (Å²) in [5.74, 6) is 1.70. The highest BCUT2D eigenvalue weighted by Crippen LogP contribution is 2.27. The van der Waals surface area contributed by atoms with Gasteiger partial charge < -0.3 is 4.74 Å². The molecule has 0 N–H and O–H groups in total. The summed E-state index contributed by atoms with van der Waals surface area (Å²) in [6.07, 6.45) is 1.82. The summed E-state index contributed by atoms with van der Waals surface area (Å²) >= 11 is 0. The van der Waals surface area contributed by atoms with Gasteiger partial charge in [-0.25, -0.2) is 0 Å². The summed E-state index contributed by atoms with van der Waals surface area (Å²) < 4.78 is 5.81. The van der Waals surface area contributed by atoms with Gasteiger partial charge in [-0.15, -0.1) is 0 Å². The number of ether oxygens (including phenoxy) is 1. The Kier molecular flexibility index (Phi) is 3.75. The maximum absolute atomic E-state index is 5.81. The highest BCUT2D eigenvalue weighted by Gasteiger charge is 2.12. The van der Waals surface area contributed by atoms with Crippen LogP contribution in [0.5, 0.6) is 11.5 Å². The highest BCUT2D eigenvalue weighted by atomic mass is 16.5. The van der Waals surface area contributed by atoms with Gasteiger partial charge in [0, 0.05) is 0 Å². The third-order valence-electron chi connectivity index (χ3n) is 3.07. The summed E-state index contributed by atoms with van der Waals surface area (Å²) in [6.45, 7) is 10.4. The first-order chi connectivity index (χ1) is 8.99. The molecule has 0 bridgehead atoms. The molecule has 2 aromatic rings. The predicted octanol–water partition coefficient (Wildman–Crippen LogP) is 5.42. The Hall–Kier alpha value is -2.02. The van der Waals surface area contributed by atoms with Crippen molar-refractivity contribution in [3.63, 3.8) is 0 Å². The summed E-state index contributed by atoms with van der Waals surface area (Å²) in [6, 6.07) is 16.2. The van der Waals surface area contributed by atoms with Crippen LogP contribution in [0.4, 0.5) is 0 Å². The fourth-order valence-corrected chi connectivity index (χ4v) is 1.83. The van der Waals surface area contributed by atoms with Gasteiger partial charge in [0.15, 0.2) is 0 Å². The monoisotopic (exact) mass is 252 g/mol. The zero-order valence-corrected chi connectivity index (χ0v) is 11.8. The van der Waals surface area contributed by atoms with Crippen molar-refractivity contribution in [2.45, 2.75) is 26.2 Å². The molecule has 2 aromatic carbocycles. The molecular weight excluding hydrogens is 232 g/mol. The fraction of sp³-hybridized carbons (Fsp3) is 0.222. The minimum absolute atomic E-state index is 0.171. The van der Waals surface area contributed by atoms with E-state index in [1.165, 1.54) is 5.56 Å². The quantitative estimate of drug-likeness (QED) is 0.708. The van der Waals surface area contributed by atoms with Gasteiger partial charge in [-0.2, -0.15) is 0 Å². The van der Waals surface area contributed by atoms with Gasteiger partial charge >= 0.3 is 0 Å². The maximum Gasteiger partial charge on any atom is 0.127 e. The SMILES string of the molecule is C=Cc1ccc(Oc2ccc(C(C)(C)C)cc2)cc1. The minimum Gasteiger partial charge on any atom is -0.457 e. The third kappa shape index (κ3) is 3.47. The van der Waals surface area contributed by atoms with E-state index < -0.39 is 0 Å². The summed E-state index contributed by atoms with van der Waals surface area (Å²) in [5, 5.41) is 0. The highest BCUT2D eigenvalue weighted by molar-refractivity contribution is 5.48. The van der Waals surface area contributed by atoms with Crippen molar-refractivity contribution in [1.82, 2.24) is 0 Å². The predicted molar refractivity (Wildman–Crippen MR) is 81.7 cm³/mol. The first kappa shape index (κ1) is 13.4. The van der Waals surface area contributed by atoms with Crippen LogP contribution in [0.3, 0.4) is 0 Å². The van der Waals surface area contributed by atoms with Crippen LogP contribution in [0.2, 0.25) is 0 Å². The second-order valence-electron chi connectivity index (χ2n) is 5.65. The molecule has 0 aliphatic carbocycles. The Bertz CT molecular complexity index is 542. The van der Waals surface area contributed by atoms with Crippen LogP contribution in [0.1, 0.15) is 31.9 Å². The van der Waals surface area contributed by atoms with E-state index in [9.17, 15) is 0 Å². The average Bonchev–Trinajstić information content (AvgIpc) is 2.39. The number of hydrogen-bond donors (Lipinski definition) is 0. The molecule has 0 amide bonds. The lowest BCUT2D eigenvalue weighted by Crippen LogP contribution is -2.10. The molecule has 1 nitrogen and oxygen atoms in total. The van der Waals surface area contributed by atoms with Gasteiger partial charge in [-0.3, -0.25) is 0 Å². The van der Waals surface area contributed by atoms with Crippen LogP contribution in [-0.2, 0) is 5.41 Å². The van der Waals surface area contributed by atoms with E-state index in [4.69, 9.17) is 4.74 Å². The number of hydrogen-bond acceptors (Lipinski definition) is 1. The van der Waals surface area contributed by atoms with Gasteiger partial charge in [-0.05, 0) is 40.8 Å². The van der Waals surface area contributed by atoms with E-state index in [0.717, 1.165) is 17.1 Å². The number of rotatable bonds is 3. The van der Waals surface area contributed by atoms with Crippen LogP contribution in [0, 0.1) is 0 Å². The van der Waals surface area contributed by atoms with Gasteiger partial charge in [0.25, 0.3) is 0 Å². The zero-order chi connectivity index (χ0) is 13.9. The topological polar surface area (TPSA) is 9.23 Å². The molecule has 0 spiro atoms. The molecule has 0 aliphatic heterocycles. The summed E-state index contributed by atoms with van der Waals surface area (Å²) in [7, 11) is 0. The van der Waals surface area contributed by atoms with Crippen molar-refractivity contribution in [3.8, 4) is 11.5 Å². The van der Waals surface area contributed by atoms with E-state index >= 15 is 0 Å². The molecule has 0 saturated carbocycles.